The van der Waals surface area contributed by atoms with Gasteiger partial charge in [0.25, 0.3) is 0 Å². The van der Waals surface area contributed by atoms with E-state index in [4.69, 9.17) is 28.2 Å². The Labute approximate surface area is 168 Å². The first-order valence-electron chi connectivity index (χ1n) is 8.54. The predicted molar refractivity (Wildman–Crippen MR) is 108 cm³/mol. The summed E-state index contributed by atoms with van der Waals surface area (Å²) in [6, 6.07) is 15.4. The van der Waals surface area contributed by atoms with Crippen LogP contribution in [0.1, 0.15) is 25.1 Å². The second kappa shape index (κ2) is 8.08. The number of aromatic nitrogens is 1. The number of nitrogens with zero attached hydrogens (tertiary/aromatic N) is 2. The summed E-state index contributed by atoms with van der Waals surface area (Å²) in [6.45, 7) is 4.14. The lowest BCUT2D eigenvalue weighted by atomic mass is 9.94. The maximum Gasteiger partial charge on any atom is 0.123 e. The molecule has 2 nitrogen and oxygen atoms in total. The Bertz CT molecular complexity index is 1020. The minimum absolute atomic E-state index is 0.309. The van der Waals surface area contributed by atoms with E-state index < -0.39 is 0 Å². The van der Waals surface area contributed by atoms with Crippen LogP contribution in [0.5, 0.6) is 0 Å². The Morgan fingerprint density at radius 3 is 2.33 bits per heavy atom. The molecule has 0 saturated heterocycles. The third-order valence-corrected chi connectivity index (χ3v) is 4.72. The zero-order valence-corrected chi connectivity index (χ0v) is 16.4. The quantitative estimate of drug-likeness (QED) is 0.477. The molecule has 0 fully saturated rings. The van der Waals surface area contributed by atoms with Crippen LogP contribution < -0.4 is 0 Å². The number of hydrogen-bond acceptors (Lipinski definition) is 2. The molecule has 0 saturated carbocycles. The number of rotatable bonds is 4. The normalized spacial score (nSPS) is 10.9. The van der Waals surface area contributed by atoms with Crippen LogP contribution in [-0.2, 0) is 6.42 Å². The highest BCUT2D eigenvalue weighted by atomic mass is 35.5. The van der Waals surface area contributed by atoms with E-state index in [1.165, 1.54) is 12.1 Å². The molecular formula is C22H17Cl2FN2. The van der Waals surface area contributed by atoms with Gasteiger partial charge < -0.3 is 0 Å². The molecule has 2 aromatic carbocycles. The Hall–Kier alpha value is -2.41. The van der Waals surface area contributed by atoms with E-state index in [1.54, 1.807) is 30.3 Å². The summed E-state index contributed by atoms with van der Waals surface area (Å²) < 4.78 is 13.3. The standard InChI is InChI=1S/C22H17Cl2FN2/c1-13(2)9-22-19(12-26)18(17-8-5-15(23)10-20(17)24)11-21(27-22)14-3-6-16(25)7-4-14/h3-8,10-11,13H,9H2,1-2H3. The van der Waals surface area contributed by atoms with Crippen molar-refractivity contribution in [3.8, 4) is 28.5 Å². The van der Waals surface area contributed by atoms with Gasteiger partial charge in [0.05, 0.1) is 17.0 Å². The highest BCUT2D eigenvalue weighted by Gasteiger charge is 2.18. The van der Waals surface area contributed by atoms with Crippen LogP contribution in [0.25, 0.3) is 22.4 Å². The molecule has 136 valence electrons. The van der Waals surface area contributed by atoms with Gasteiger partial charge in [-0.3, -0.25) is 4.98 Å². The second-order valence-electron chi connectivity index (χ2n) is 6.72. The monoisotopic (exact) mass is 398 g/mol. The number of pyridine rings is 1. The average Bonchev–Trinajstić information content (AvgIpc) is 2.61. The van der Waals surface area contributed by atoms with Crippen molar-refractivity contribution in [3.63, 3.8) is 0 Å². The largest absolute Gasteiger partial charge is 0.251 e. The van der Waals surface area contributed by atoms with Crippen molar-refractivity contribution in [2.45, 2.75) is 20.3 Å². The van der Waals surface area contributed by atoms with Crippen LogP contribution in [-0.4, -0.2) is 4.98 Å². The van der Waals surface area contributed by atoms with Crippen LogP contribution in [0.3, 0.4) is 0 Å². The highest BCUT2D eigenvalue weighted by Crippen LogP contribution is 2.36. The summed E-state index contributed by atoms with van der Waals surface area (Å²) >= 11 is 12.4. The van der Waals surface area contributed by atoms with Gasteiger partial charge in [0.1, 0.15) is 11.9 Å². The Morgan fingerprint density at radius 1 is 1.04 bits per heavy atom. The summed E-state index contributed by atoms with van der Waals surface area (Å²) in [5.41, 5.74) is 4.06. The van der Waals surface area contributed by atoms with Crippen LogP contribution in [0.4, 0.5) is 4.39 Å². The fourth-order valence-corrected chi connectivity index (χ4v) is 3.46. The van der Waals surface area contributed by atoms with Crippen LogP contribution in [0, 0.1) is 23.1 Å². The lowest BCUT2D eigenvalue weighted by Gasteiger charge is -2.15. The van der Waals surface area contributed by atoms with Gasteiger partial charge in [-0.05, 0) is 54.8 Å². The smallest absolute Gasteiger partial charge is 0.123 e. The van der Waals surface area contributed by atoms with Crippen molar-refractivity contribution in [1.29, 1.82) is 5.26 Å². The molecule has 0 amide bonds. The van der Waals surface area contributed by atoms with E-state index in [-0.39, 0.29) is 5.82 Å². The molecule has 0 radical (unpaired) electrons. The van der Waals surface area contributed by atoms with Gasteiger partial charge in [-0.25, -0.2) is 4.39 Å². The minimum atomic E-state index is -0.309. The SMILES string of the molecule is CC(C)Cc1nc(-c2ccc(F)cc2)cc(-c2ccc(Cl)cc2Cl)c1C#N. The van der Waals surface area contributed by atoms with Gasteiger partial charge in [-0.2, -0.15) is 5.26 Å². The molecular weight excluding hydrogens is 382 g/mol. The summed E-state index contributed by atoms with van der Waals surface area (Å²) in [5, 5.41) is 10.8. The van der Waals surface area contributed by atoms with E-state index in [9.17, 15) is 9.65 Å². The molecule has 0 aliphatic heterocycles. The molecule has 0 unspecified atom stereocenters. The van der Waals surface area contributed by atoms with E-state index >= 15 is 0 Å². The van der Waals surface area contributed by atoms with Gasteiger partial charge in [0.2, 0.25) is 0 Å². The highest BCUT2D eigenvalue weighted by molar-refractivity contribution is 6.36. The number of benzene rings is 2. The summed E-state index contributed by atoms with van der Waals surface area (Å²) in [4.78, 5) is 4.70. The van der Waals surface area contributed by atoms with E-state index in [1.807, 2.05) is 6.07 Å². The Morgan fingerprint density at radius 2 is 1.74 bits per heavy atom. The number of nitriles is 1. The molecule has 27 heavy (non-hydrogen) atoms. The van der Waals surface area contributed by atoms with Crippen LogP contribution in [0.2, 0.25) is 10.0 Å². The van der Waals surface area contributed by atoms with Gasteiger partial charge in [0.15, 0.2) is 0 Å². The van der Waals surface area contributed by atoms with Gasteiger partial charge in [-0.15, -0.1) is 0 Å². The van der Waals surface area contributed by atoms with Gasteiger partial charge in [0, 0.05) is 26.7 Å². The zero-order chi connectivity index (χ0) is 19.6. The molecule has 0 bridgehead atoms. The van der Waals surface area contributed by atoms with Crippen LogP contribution in [0.15, 0.2) is 48.5 Å². The minimum Gasteiger partial charge on any atom is -0.251 e. The van der Waals surface area contributed by atoms with Crippen LogP contribution >= 0.6 is 23.2 Å². The van der Waals surface area contributed by atoms with E-state index in [0.717, 1.165) is 5.56 Å². The lowest BCUT2D eigenvalue weighted by molar-refractivity contribution is 0.628. The molecule has 0 spiro atoms. The fraction of sp³-hybridized carbons (Fsp3) is 0.182. The Balaban J connectivity index is 2.28. The maximum absolute atomic E-state index is 13.3. The summed E-state index contributed by atoms with van der Waals surface area (Å²) in [7, 11) is 0. The second-order valence-corrected chi connectivity index (χ2v) is 7.56. The molecule has 5 heteroatoms. The van der Waals surface area contributed by atoms with Crippen molar-refractivity contribution < 1.29 is 4.39 Å². The molecule has 3 rings (SSSR count). The third kappa shape index (κ3) is 4.30. The summed E-state index contributed by atoms with van der Waals surface area (Å²) in [6.07, 6.45) is 0.649. The lowest BCUT2D eigenvalue weighted by Crippen LogP contribution is -2.04. The maximum atomic E-state index is 13.3. The van der Waals surface area contributed by atoms with E-state index in [0.29, 0.717) is 50.5 Å². The first kappa shape index (κ1) is 19.4. The summed E-state index contributed by atoms with van der Waals surface area (Å²) in [5.74, 6) is 0.0115. The zero-order valence-electron chi connectivity index (χ0n) is 14.9. The molecule has 0 aliphatic rings. The van der Waals surface area contributed by atoms with Crippen molar-refractivity contribution in [3.05, 3.63) is 75.7 Å². The first-order valence-corrected chi connectivity index (χ1v) is 9.30. The van der Waals surface area contributed by atoms with Crippen molar-refractivity contribution >= 4 is 23.2 Å². The fourth-order valence-electron chi connectivity index (χ4n) is 2.95. The number of halogens is 3. The number of hydrogen-bond donors (Lipinski definition) is 0. The van der Waals surface area contributed by atoms with E-state index in [2.05, 4.69) is 19.9 Å². The predicted octanol–water partition coefficient (Wildman–Crippen LogP) is 6.93. The topological polar surface area (TPSA) is 36.7 Å². The average molecular weight is 399 g/mol. The molecule has 1 aromatic heterocycles. The Kier molecular flexibility index (Phi) is 5.79. The molecule has 0 aliphatic carbocycles. The van der Waals surface area contributed by atoms with Crippen molar-refractivity contribution in [2.75, 3.05) is 0 Å². The van der Waals surface area contributed by atoms with Crippen molar-refractivity contribution in [2.24, 2.45) is 5.92 Å². The third-order valence-electron chi connectivity index (χ3n) is 4.17. The first-order chi connectivity index (χ1) is 12.9. The van der Waals surface area contributed by atoms with Crippen molar-refractivity contribution in [1.82, 2.24) is 4.98 Å². The molecule has 1 heterocycles. The molecule has 3 aromatic rings. The molecule has 0 N–H and O–H groups in total. The van der Waals surface area contributed by atoms with Gasteiger partial charge in [-0.1, -0.05) is 43.1 Å². The molecule has 0 atom stereocenters. The van der Waals surface area contributed by atoms with Gasteiger partial charge >= 0.3 is 0 Å².